The molecule has 1 saturated carbocycles. The average Bonchev–Trinajstić information content (AvgIpc) is 2.61. The first-order chi connectivity index (χ1) is 13.2. The third-order valence-electron chi connectivity index (χ3n) is 4.71. The molecule has 1 aliphatic rings. The molecule has 0 radical (unpaired) electrons. The van der Waals surface area contributed by atoms with Crippen molar-refractivity contribution >= 4 is 23.4 Å². The van der Waals surface area contributed by atoms with E-state index in [1.54, 1.807) is 6.07 Å². The molecule has 2 N–H and O–H groups in total. The lowest BCUT2D eigenvalue weighted by Crippen LogP contribution is -2.62. The minimum atomic E-state index is -0.599. The molecule has 0 aliphatic heterocycles. The Bertz CT molecular complexity index is 897. The maximum Gasteiger partial charge on any atom is 0.258 e. The Morgan fingerprint density at radius 1 is 1.25 bits per heavy atom. The quantitative estimate of drug-likeness (QED) is 0.772. The molecule has 2 aromatic carbocycles. The van der Waals surface area contributed by atoms with Gasteiger partial charge in [0, 0.05) is 23.2 Å². The molecule has 0 bridgehead atoms. The summed E-state index contributed by atoms with van der Waals surface area (Å²) in [5.41, 5.74) is 1.25. The first-order valence-electron chi connectivity index (χ1n) is 9.00. The molecule has 0 atom stereocenters. The van der Waals surface area contributed by atoms with Gasteiger partial charge >= 0.3 is 0 Å². The van der Waals surface area contributed by atoms with E-state index in [1.165, 1.54) is 12.1 Å². The van der Waals surface area contributed by atoms with E-state index in [2.05, 4.69) is 10.6 Å². The molecule has 1 fully saturated rings. The highest BCUT2D eigenvalue weighted by Gasteiger charge is 2.42. The van der Waals surface area contributed by atoms with Crippen molar-refractivity contribution in [2.75, 3.05) is 6.61 Å². The van der Waals surface area contributed by atoms with E-state index in [4.69, 9.17) is 16.3 Å². The zero-order chi connectivity index (χ0) is 20.3. The van der Waals surface area contributed by atoms with Crippen LogP contribution in [0.5, 0.6) is 5.75 Å². The number of rotatable bonds is 6. The van der Waals surface area contributed by atoms with Crippen LogP contribution < -0.4 is 15.4 Å². The number of hydrogen-bond donors (Lipinski definition) is 2. The van der Waals surface area contributed by atoms with E-state index >= 15 is 0 Å². The normalized spacial score (nSPS) is 20.8. The van der Waals surface area contributed by atoms with Gasteiger partial charge < -0.3 is 15.4 Å². The number of carbonyl (C=O) groups excluding carboxylic acids is 2. The maximum absolute atomic E-state index is 13.4. The number of hydrogen-bond acceptors (Lipinski definition) is 3. The van der Waals surface area contributed by atoms with Crippen molar-refractivity contribution in [1.29, 1.82) is 0 Å². The predicted octanol–water partition coefficient (Wildman–Crippen LogP) is 3.63. The molecular weight excluding hydrogens is 383 g/mol. The Balaban J connectivity index is 1.43. The lowest BCUT2D eigenvalue weighted by Gasteiger charge is -2.45. The highest BCUT2D eigenvalue weighted by atomic mass is 35.5. The van der Waals surface area contributed by atoms with E-state index in [9.17, 15) is 14.0 Å². The third kappa shape index (κ3) is 5.01. The van der Waals surface area contributed by atoms with Crippen LogP contribution in [0.25, 0.3) is 0 Å². The van der Waals surface area contributed by atoms with Crippen LogP contribution in [0.1, 0.15) is 35.7 Å². The summed E-state index contributed by atoms with van der Waals surface area (Å²) in [4.78, 5) is 24.4. The van der Waals surface area contributed by atoms with Gasteiger partial charge in [0.05, 0.1) is 5.02 Å². The Labute approximate surface area is 168 Å². The zero-order valence-corrected chi connectivity index (χ0v) is 16.5. The lowest BCUT2D eigenvalue weighted by molar-refractivity contribution is -0.126. The molecular formula is C21H22ClFN2O3. The van der Waals surface area contributed by atoms with E-state index < -0.39 is 11.4 Å². The SMILES string of the molecule is Cc1cccc(C(=O)NC2CC(C)(NC(=O)COc3ccc(Cl)c(F)c3)C2)c1. The van der Waals surface area contributed by atoms with Crippen molar-refractivity contribution in [3.63, 3.8) is 0 Å². The lowest BCUT2D eigenvalue weighted by atomic mass is 9.74. The first-order valence-corrected chi connectivity index (χ1v) is 9.38. The molecule has 0 aromatic heterocycles. The highest BCUT2D eigenvalue weighted by Crippen LogP contribution is 2.32. The van der Waals surface area contributed by atoms with E-state index in [1.807, 2.05) is 32.0 Å². The minimum absolute atomic E-state index is 0.00228. The standard InChI is InChI=1S/C21H22ClFN2O3/c1-13-4-3-5-14(8-13)20(27)24-15-10-21(2,11-15)25-19(26)12-28-16-6-7-17(22)18(23)9-16/h3-9,15H,10-12H2,1-2H3,(H,24,27)(H,25,26). The predicted molar refractivity (Wildman–Crippen MR) is 105 cm³/mol. The molecule has 0 saturated heterocycles. The zero-order valence-electron chi connectivity index (χ0n) is 15.7. The molecule has 3 rings (SSSR count). The number of carbonyl (C=O) groups is 2. The van der Waals surface area contributed by atoms with Crippen molar-refractivity contribution in [2.45, 2.75) is 38.3 Å². The van der Waals surface area contributed by atoms with E-state index in [0.29, 0.717) is 18.4 Å². The molecule has 0 spiro atoms. The van der Waals surface area contributed by atoms with Crippen LogP contribution >= 0.6 is 11.6 Å². The van der Waals surface area contributed by atoms with Crippen molar-refractivity contribution in [2.24, 2.45) is 0 Å². The van der Waals surface area contributed by atoms with Gasteiger partial charge in [-0.15, -0.1) is 0 Å². The summed E-state index contributed by atoms with van der Waals surface area (Å²) in [7, 11) is 0. The van der Waals surface area contributed by atoms with Crippen molar-refractivity contribution in [3.05, 3.63) is 64.4 Å². The monoisotopic (exact) mass is 404 g/mol. The van der Waals surface area contributed by atoms with Crippen LogP contribution in [-0.2, 0) is 4.79 Å². The Morgan fingerprint density at radius 2 is 2.00 bits per heavy atom. The summed E-state index contributed by atoms with van der Waals surface area (Å²) in [6.07, 6.45) is 1.26. The summed E-state index contributed by atoms with van der Waals surface area (Å²) >= 11 is 5.61. The Kier molecular flexibility index (Phi) is 5.89. The van der Waals surface area contributed by atoms with Crippen molar-refractivity contribution in [3.8, 4) is 5.75 Å². The van der Waals surface area contributed by atoms with Crippen LogP contribution in [0.3, 0.4) is 0 Å². The fourth-order valence-corrected chi connectivity index (χ4v) is 3.49. The number of ether oxygens (including phenoxy) is 1. The second-order valence-electron chi connectivity index (χ2n) is 7.42. The smallest absolute Gasteiger partial charge is 0.258 e. The van der Waals surface area contributed by atoms with Gasteiger partial charge in [-0.05, 0) is 51.0 Å². The molecule has 2 amide bonds. The fourth-order valence-electron chi connectivity index (χ4n) is 3.38. The Morgan fingerprint density at radius 3 is 2.68 bits per heavy atom. The van der Waals surface area contributed by atoms with Gasteiger partial charge in [0.1, 0.15) is 11.6 Å². The van der Waals surface area contributed by atoms with Crippen LogP contribution in [0.4, 0.5) is 4.39 Å². The third-order valence-corrected chi connectivity index (χ3v) is 5.02. The van der Waals surface area contributed by atoms with E-state index in [-0.39, 0.29) is 35.2 Å². The molecule has 7 heteroatoms. The van der Waals surface area contributed by atoms with Crippen LogP contribution in [0, 0.1) is 12.7 Å². The van der Waals surface area contributed by atoms with Crippen molar-refractivity contribution in [1.82, 2.24) is 10.6 Å². The summed E-state index contributed by atoms with van der Waals surface area (Å²) in [5, 5.41) is 5.89. The van der Waals surface area contributed by atoms with Gasteiger partial charge in [0.25, 0.3) is 11.8 Å². The summed E-state index contributed by atoms with van der Waals surface area (Å²) in [6, 6.07) is 11.4. The number of nitrogens with one attached hydrogen (secondary N) is 2. The molecule has 1 aliphatic carbocycles. The molecule has 2 aromatic rings. The number of halogens is 2. The van der Waals surface area contributed by atoms with Gasteiger partial charge in [0.15, 0.2) is 6.61 Å². The Hall–Kier alpha value is -2.60. The van der Waals surface area contributed by atoms with Gasteiger partial charge in [0.2, 0.25) is 0 Å². The topological polar surface area (TPSA) is 67.4 Å². The molecule has 148 valence electrons. The summed E-state index contributed by atoms with van der Waals surface area (Å²) in [5.74, 6) is -0.784. The average molecular weight is 405 g/mol. The van der Waals surface area contributed by atoms with Crippen LogP contribution in [-0.4, -0.2) is 30.0 Å². The number of benzene rings is 2. The van der Waals surface area contributed by atoms with Gasteiger partial charge in [-0.3, -0.25) is 9.59 Å². The van der Waals surface area contributed by atoms with Gasteiger partial charge in [-0.25, -0.2) is 4.39 Å². The molecule has 0 unspecified atom stereocenters. The van der Waals surface area contributed by atoms with Crippen molar-refractivity contribution < 1.29 is 18.7 Å². The molecule has 28 heavy (non-hydrogen) atoms. The minimum Gasteiger partial charge on any atom is -0.484 e. The summed E-state index contributed by atoms with van der Waals surface area (Å²) < 4.78 is 18.7. The first kappa shape index (κ1) is 20.1. The summed E-state index contributed by atoms with van der Waals surface area (Å²) in [6.45, 7) is 3.63. The fraction of sp³-hybridized carbons (Fsp3) is 0.333. The molecule has 5 nitrogen and oxygen atoms in total. The van der Waals surface area contributed by atoms with Crippen LogP contribution in [0.2, 0.25) is 5.02 Å². The van der Waals surface area contributed by atoms with Gasteiger partial charge in [-0.2, -0.15) is 0 Å². The number of amides is 2. The molecule has 0 heterocycles. The highest BCUT2D eigenvalue weighted by molar-refractivity contribution is 6.30. The number of aryl methyl sites for hydroxylation is 1. The van der Waals surface area contributed by atoms with Gasteiger partial charge in [-0.1, -0.05) is 29.3 Å². The second-order valence-corrected chi connectivity index (χ2v) is 7.83. The van der Waals surface area contributed by atoms with Crippen LogP contribution in [0.15, 0.2) is 42.5 Å². The van der Waals surface area contributed by atoms with E-state index in [0.717, 1.165) is 11.6 Å². The maximum atomic E-state index is 13.4. The second kappa shape index (κ2) is 8.19. The largest absolute Gasteiger partial charge is 0.484 e.